The largest absolute Gasteiger partial charge is 0.459 e. The molecular weight excluding hydrogens is 302 g/mol. The van der Waals surface area contributed by atoms with Gasteiger partial charge in [0.2, 0.25) is 0 Å². The fraction of sp³-hybridized carbons (Fsp3) is 0.632. The molecule has 5 heteroatoms. The topological polar surface area (TPSA) is 57.0 Å². The number of esters is 1. The Hall–Kier alpha value is -1.91. The molecule has 0 bridgehead atoms. The molecule has 0 unspecified atom stereocenters. The van der Waals surface area contributed by atoms with Gasteiger partial charge in [-0.1, -0.05) is 6.42 Å². The molecule has 4 rings (SSSR count). The third-order valence-corrected chi connectivity index (χ3v) is 5.12. The third-order valence-electron chi connectivity index (χ3n) is 5.12. The van der Waals surface area contributed by atoms with E-state index < -0.39 is 0 Å². The van der Waals surface area contributed by atoms with Gasteiger partial charge >= 0.3 is 5.97 Å². The van der Waals surface area contributed by atoms with Crippen molar-refractivity contribution in [3.05, 3.63) is 23.5 Å². The van der Waals surface area contributed by atoms with Crippen molar-refractivity contribution in [1.29, 1.82) is 0 Å². The van der Waals surface area contributed by atoms with E-state index in [-0.39, 0.29) is 18.1 Å². The molecule has 2 aliphatic carbocycles. The molecule has 2 aromatic rings. The third kappa shape index (κ3) is 2.92. The monoisotopic (exact) mass is 327 g/mol. The second-order valence-electron chi connectivity index (χ2n) is 7.45. The van der Waals surface area contributed by atoms with Gasteiger partial charge in [-0.05, 0) is 58.4 Å². The smallest absolute Gasteiger partial charge is 0.339 e. The number of hydrogen-bond donors (Lipinski definition) is 0. The number of hydrogen-bond acceptors (Lipinski definition) is 4. The van der Waals surface area contributed by atoms with Crippen LogP contribution in [0.5, 0.6) is 0 Å². The summed E-state index contributed by atoms with van der Waals surface area (Å²) in [5, 5.41) is 5.27. The van der Waals surface area contributed by atoms with Gasteiger partial charge in [-0.2, -0.15) is 5.10 Å². The van der Waals surface area contributed by atoms with E-state index in [1.807, 2.05) is 10.7 Å². The molecule has 2 aliphatic rings. The lowest BCUT2D eigenvalue weighted by Gasteiger charge is -2.22. The zero-order valence-electron chi connectivity index (χ0n) is 14.5. The van der Waals surface area contributed by atoms with E-state index in [1.165, 1.54) is 6.42 Å². The van der Waals surface area contributed by atoms with Crippen LogP contribution in [0.3, 0.4) is 0 Å². The minimum Gasteiger partial charge on any atom is -0.459 e. The van der Waals surface area contributed by atoms with Crippen LogP contribution in [-0.4, -0.2) is 26.8 Å². The van der Waals surface area contributed by atoms with Crippen LogP contribution in [0.1, 0.15) is 86.8 Å². The van der Waals surface area contributed by atoms with Gasteiger partial charge in [0.15, 0.2) is 5.65 Å². The van der Waals surface area contributed by atoms with Crippen LogP contribution >= 0.6 is 0 Å². The Morgan fingerprint density at radius 3 is 2.62 bits per heavy atom. The first-order valence-corrected chi connectivity index (χ1v) is 9.22. The summed E-state index contributed by atoms with van der Waals surface area (Å²) in [4.78, 5) is 17.6. The molecular formula is C19H25N3O2. The normalized spacial score (nSPS) is 19.1. The Morgan fingerprint density at radius 1 is 1.21 bits per heavy atom. The summed E-state index contributed by atoms with van der Waals surface area (Å²) in [5.74, 6) is 0.283. The van der Waals surface area contributed by atoms with Crippen molar-refractivity contribution in [2.24, 2.45) is 0 Å². The number of fused-ring (bicyclic) bond motifs is 1. The van der Waals surface area contributed by atoms with Gasteiger partial charge in [0.05, 0.1) is 17.1 Å². The number of aromatic nitrogens is 3. The lowest BCUT2D eigenvalue weighted by atomic mass is 9.98. The molecule has 24 heavy (non-hydrogen) atoms. The van der Waals surface area contributed by atoms with E-state index in [4.69, 9.17) is 9.72 Å². The zero-order chi connectivity index (χ0) is 16.7. The molecule has 2 aromatic heterocycles. The van der Waals surface area contributed by atoms with Crippen molar-refractivity contribution >= 4 is 17.0 Å². The summed E-state index contributed by atoms with van der Waals surface area (Å²) < 4.78 is 7.71. The maximum Gasteiger partial charge on any atom is 0.339 e. The quantitative estimate of drug-likeness (QED) is 0.782. The maximum atomic E-state index is 12.8. The molecule has 0 spiro atoms. The summed E-state index contributed by atoms with van der Waals surface area (Å²) in [6.07, 6.45) is 9.68. The number of pyridine rings is 1. The molecule has 0 radical (unpaired) electrons. The zero-order valence-corrected chi connectivity index (χ0v) is 14.5. The van der Waals surface area contributed by atoms with E-state index in [0.717, 1.165) is 55.3 Å². The predicted molar refractivity (Wildman–Crippen MR) is 92.2 cm³/mol. The first-order valence-electron chi connectivity index (χ1n) is 9.22. The molecule has 0 amide bonds. The van der Waals surface area contributed by atoms with E-state index in [9.17, 15) is 4.79 Å². The van der Waals surface area contributed by atoms with Crippen molar-refractivity contribution < 1.29 is 9.53 Å². The molecule has 0 atom stereocenters. The van der Waals surface area contributed by atoms with Gasteiger partial charge in [-0.25, -0.2) is 14.5 Å². The summed E-state index contributed by atoms with van der Waals surface area (Å²) in [6, 6.07) is 2.16. The van der Waals surface area contributed by atoms with Crippen molar-refractivity contribution in [3.8, 4) is 0 Å². The highest BCUT2D eigenvalue weighted by Crippen LogP contribution is 2.40. The molecule has 2 saturated carbocycles. The Balaban J connectivity index is 1.71. The van der Waals surface area contributed by atoms with E-state index in [0.29, 0.717) is 11.5 Å². The molecule has 0 N–H and O–H groups in total. The second kappa shape index (κ2) is 6.19. The van der Waals surface area contributed by atoms with Crippen molar-refractivity contribution in [3.63, 3.8) is 0 Å². The first-order chi connectivity index (χ1) is 11.6. The van der Waals surface area contributed by atoms with Gasteiger partial charge in [-0.15, -0.1) is 0 Å². The van der Waals surface area contributed by atoms with Crippen LogP contribution < -0.4 is 0 Å². The number of ether oxygens (including phenoxy) is 1. The fourth-order valence-corrected chi connectivity index (χ4v) is 3.57. The Morgan fingerprint density at radius 2 is 1.96 bits per heavy atom. The standard InChI is InChI=1S/C19H25N3O2/c1-12(2)22-18-16(11-20-22)15(10-17(21-18)13-8-9-13)19(23)24-14-6-4-3-5-7-14/h10-14H,3-9H2,1-2H3. The molecule has 5 nitrogen and oxygen atoms in total. The van der Waals surface area contributed by atoms with Crippen LogP contribution in [0.2, 0.25) is 0 Å². The van der Waals surface area contributed by atoms with E-state index in [1.54, 1.807) is 6.20 Å². The van der Waals surface area contributed by atoms with Crippen LogP contribution in [0.25, 0.3) is 11.0 Å². The van der Waals surface area contributed by atoms with Crippen LogP contribution in [0.4, 0.5) is 0 Å². The molecule has 0 aromatic carbocycles. The molecule has 2 fully saturated rings. The number of rotatable bonds is 4. The second-order valence-corrected chi connectivity index (χ2v) is 7.45. The minimum absolute atomic E-state index is 0.0685. The summed E-state index contributed by atoms with van der Waals surface area (Å²) >= 11 is 0. The van der Waals surface area contributed by atoms with Crippen LogP contribution in [0.15, 0.2) is 12.3 Å². The summed E-state index contributed by atoms with van der Waals surface area (Å²) in [7, 11) is 0. The Bertz CT molecular complexity index is 755. The number of nitrogens with zero attached hydrogens (tertiary/aromatic N) is 3. The van der Waals surface area contributed by atoms with Crippen molar-refractivity contribution in [2.75, 3.05) is 0 Å². The van der Waals surface area contributed by atoms with E-state index >= 15 is 0 Å². The average molecular weight is 327 g/mol. The minimum atomic E-state index is -0.209. The predicted octanol–water partition coefficient (Wildman–Crippen LogP) is 4.38. The van der Waals surface area contributed by atoms with Crippen molar-refractivity contribution in [1.82, 2.24) is 14.8 Å². The van der Waals surface area contributed by atoms with Gasteiger partial charge in [0, 0.05) is 17.7 Å². The summed E-state index contributed by atoms with van der Waals surface area (Å²) in [6.45, 7) is 4.16. The molecule has 0 saturated heterocycles. The lowest BCUT2D eigenvalue weighted by molar-refractivity contribution is 0.0213. The highest BCUT2D eigenvalue weighted by atomic mass is 16.5. The average Bonchev–Trinajstić information content (AvgIpc) is 3.33. The molecule has 2 heterocycles. The molecule has 128 valence electrons. The highest BCUT2D eigenvalue weighted by molar-refractivity contribution is 6.02. The number of carbonyl (C=O) groups excluding carboxylic acids is 1. The number of carbonyl (C=O) groups is 1. The van der Waals surface area contributed by atoms with Crippen LogP contribution in [0, 0.1) is 0 Å². The maximum absolute atomic E-state index is 12.8. The molecule has 0 aliphatic heterocycles. The van der Waals surface area contributed by atoms with Gasteiger partial charge in [0.1, 0.15) is 6.10 Å². The van der Waals surface area contributed by atoms with E-state index in [2.05, 4.69) is 18.9 Å². The SMILES string of the molecule is CC(C)n1ncc2c(C(=O)OC3CCCCC3)cc(C3CC3)nc21. The summed E-state index contributed by atoms with van der Waals surface area (Å²) in [5.41, 5.74) is 2.46. The Labute approximate surface area is 142 Å². The fourth-order valence-electron chi connectivity index (χ4n) is 3.57. The van der Waals surface area contributed by atoms with Crippen LogP contribution in [-0.2, 0) is 4.74 Å². The highest BCUT2D eigenvalue weighted by Gasteiger charge is 2.29. The van der Waals surface area contributed by atoms with Gasteiger partial charge in [0.25, 0.3) is 0 Å². The lowest BCUT2D eigenvalue weighted by Crippen LogP contribution is -2.21. The van der Waals surface area contributed by atoms with Gasteiger partial charge < -0.3 is 4.74 Å². The van der Waals surface area contributed by atoms with Gasteiger partial charge in [-0.3, -0.25) is 0 Å². The Kier molecular flexibility index (Phi) is 4.02. The van der Waals surface area contributed by atoms with Crippen molar-refractivity contribution in [2.45, 2.75) is 76.9 Å². The first kappa shape index (κ1) is 15.6.